The molecule has 1 rings (SSSR count). The van der Waals surface area contributed by atoms with E-state index in [1.54, 1.807) is 22.6 Å². The molecule has 0 saturated carbocycles. The normalized spacial score (nSPS) is 10.8. The van der Waals surface area contributed by atoms with Crippen molar-refractivity contribution < 1.29 is 13.2 Å². The summed E-state index contributed by atoms with van der Waals surface area (Å²) in [6, 6.07) is 0.910. The zero-order valence-electron chi connectivity index (χ0n) is 5.69. The molecule has 1 aromatic heterocycles. The van der Waals surface area contributed by atoms with Gasteiger partial charge >= 0.3 is 0 Å². The number of pyridine rings is 1. The van der Waals surface area contributed by atoms with Gasteiger partial charge in [0.15, 0.2) is 0 Å². The SMILES string of the molecule is Nc1cc(F)nc(C(F)F)c1I. The maximum absolute atomic E-state index is 12.4. The first-order chi connectivity index (χ1) is 5.52. The summed E-state index contributed by atoms with van der Waals surface area (Å²) in [5.41, 5.74) is 4.62. The molecule has 0 atom stereocenters. The number of nitrogens with zero attached hydrogens (tertiary/aromatic N) is 1. The van der Waals surface area contributed by atoms with E-state index in [-0.39, 0.29) is 9.26 Å². The maximum Gasteiger partial charge on any atom is 0.281 e. The van der Waals surface area contributed by atoms with Gasteiger partial charge in [-0.05, 0) is 22.6 Å². The number of nitrogens with two attached hydrogens (primary N) is 1. The highest BCUT2D eigenvalue weighted by molar-refractivity contribution is 14.1. The Morgan fingerprint density at radius 1 is 1.50 bits per heavy atom. The predicted molar refractivity (Wildman–Crippen MR) is 46.3 cm³/mol. The van der Waals surface area contributed by atoms with E-state index in [4.69, 9.17) is 5.73 Å². The van der Waals surface area contributed by atoms with Crippen LogP contribution in [0.2, 0.25) is 0 Å². The van der Waals surface area contributed by atoms with Crippen LogP contribution in [0.15, 0.2) is 6.07 Å². The standard InChI is InChI=1S/C6H4F3IN2/c7-3-1-2(11)4(10)5(12-3)6(8)9/h1,6H,(H2,11,12). The van der Waals surface area contributed by atoms with E-state index in [0.717, 1.165) is 6.07 Å². The molecule has 0 aliphatic rings. The second kappa shape index (κ2) is 3.46. The zero-order valence-corrected chi connectivity index (χ0v) is 7.85. The lowest BCUT2D eigenvalue weighted by molar-refractivity contribution is 0.144. The van der Waals surface area contributed by atoms with E-state index in [1.807, 2.05) is 0 Å². The summed E-state index contributed by atoms with van der Waals surface area (Å²) >= 11 is 1.60. The number of aromatic nitrogens is 1. The summed E-state index contributed by atoms with van der Waals surface area (Å²) in [6.07, 6.45) is -2.80. The van der Waals surface area contributed by atoms with Crippen molar-refractivity contribution in [3.05, 3.63) is 21.3 Å². The Hall–Kier alpha value is -0.530. The van der Waals surface area contributed by atoms with Gasteiger partial charge in [0.05, 0.1) is 9.26 Å². The first kappa shape index (κ1) is 9.56. The summed E-state index contributed by atoms with van der Waals surface area (Å²) in [7, 11) is 0. The Labute approximate surface area is 80.1 Å². The van der Waals surface area contributed by atoms with Crippen LogP contribution in [0.4, 0.5) is 18.9 Å². The van der Waals surface area contributed by atoms with Crippen LogP contribution in [-0.4, -0.2) is 4.98 Å². The Kier molecular flexibility index (Phi) is 2.76. The fourth-order valence-electron chi connectivity index (χ4n) is 0.681. The van der Waals surface area contributed by atoms with Crippen molar-refractivity contribution >= 4 is 28.3 Å². The third-order valence-electron chi connectivity index (χ3n) is 1.19. The molecule has 0 aliphatic carbocycles. The molecule has 0 bridgehead atoms. The number of hydrogen-bond acceptors (Lipinski definition) is 2. The molecule has 2 N–H and O–H groups in total. The second-order valence-electron chi connectivity index (χ2n) is 2.03. The van der Waals surface area contributed by atoms with Crippen molar-refractivity contribution in [2.45, 2.75) is 6.43 Å². The predicted octanol–water partition coefficient (Wildman–Crippen LogP) is 2.35. The van der Waals surface area contributed by atoms with Crippen LogP contribution in [0, 0.1) is 9.52 Å². The molecule has 0 unspecified atom stereocenters. The number of halogens is 4. The molecule has 0 radical (unpaired) electrons. The minimum absolute atomic E-state index is 0.0154. The van der Waals surface area contributed by atoms with Gasteiger partial charge in [-0.1, -0.05) is 0 Å². The number of rotatable bonds is 1. The van der Waals surface area contributed by atoms with E-state index in [0.29, 0.717) is 0 Å². The molecule has 1 aromatic rings. The average Bonchev–Trinajstić information content (AvgIpc) is 1.96. The molecule has 1 heterocycles. The van der Waals surface area contributed by atoms with Gasteiger partial charge < -0.3 is 5.73 Å². The zero-order chi connectivity index (χ0) is 9.30. The minimum Gasteiger partial charge on any atom is -0.398 e. The molecule has 0 spiro atoms. The highest BCUT2D eigenvalue weighted by atomic mass is 127. The number of anilines is 1. The summed E-state index contributed by atoms with van der Waals surface area (Å²) < 4.78 is 36.7. The Bertz CT molecular complexity index is 303. The highest BCUT2D eigenvalue weighted by Gasteiger charge is 2.16. The molecule has 0 aliphatic heterocycles. The summed E-state index contributed by atoms with van der Waals surface area (Å²) in [6.45, 7) is 0. The van der Waals surface area contributed by atoms with Crippen LogP contribution >= 0.6 is 22.6 Å². The van der Waals surface area contributed by atoms with Crippen molar-refractivity contribution in [3.63, 3.8) is 0 Å². The van der Waals surface area contributed by atoms with Gasteiger partial charge in [-0.25, -0.2) is 13.8 Å². The smallest absolute Gasteiger partial charge is 0.281 e. The third-order valence-corrected chi connectivity index (χ3v) is 2.36. The second-order valence-corrected chi connectivity index (χ2v) is 3.11. The van der Waals surface area contributed by atoms with E-state index in [2.05, 4.69) is 4.98 Å². The fraction of sp³-hybridized carbons (Fsp3) is 0.167. The van der Waals surface area contributed by atoms with E-state index in [9.17, 15) is 13.2 Å². The van der Waals surface area contributed by atoms with Gasteiger partial charge in [0, 0.05) is 6.07 Å². The Morgan fingerprint density at radius 3 is 2.58 bits per heavy atom. The molecular formula is C6H4F3IN2. The van der Waals surface area contributed by atoms with E-state index in [1.165, 1.54) is 0 Å². The summed E-state index contributed by atoms with van der Waals surface area (Å²) in [5, 5.41) is 0. The minimum atomic E-state index is -2.80. The average molecular weight is 288 g/mol. The monoisotopic (exact) mass is 288 g/mol. The maximum atomic E-state index is 12.4. The fourth-order valence-corrected chi connectivity index (χ4v) is 1.19. The van der Waals surface area contributed by atoms with Gasteiger partial charge in [-0.15, -0.1) is 0 Å². The highest BCUT2D eigenvalue weighted by Crippen LogP contribution is 2.26. The van der Waals surface area contributed by atoms with Gasteiger partial charge in [-0.2, -0.15) is 4.39 Å². The first-order valence-corrected chi connectivity index (χ1v) is 4.00. The van der Waals surface area contributed by atoms with Crippen LogP contribution in [0.3, 0.4) is 0 Å². The molecule has 0 saturated heterocycles. The molecule has 0 aromatic carbocycles. The first-order valence-electron chi connectivity index (χ1n) is 2.92. The lowest BCUT2D eigenvalue weighted by atomic mass is 10.3. The van der Waals surface area contributed by atoms with E-state index >= 15 is 0 Å². The molecule has 0 fully saturated rings. The van der Waals surface area contributed by atoms with Crippen molar-refractivity contribution in [1.29, 1.82) is 0 Å². The lowest BCUT2D eigenvalue weighted by Crippen LogP contribution is -2.02. The quantitative estimate of drug-likeness (QED) is 0.636. The van der Waals surface area contributed by atoms with Gasteiger partial charge in [0.25, 0.3) is 6.43 Å². The molecular weight excluding hydrogens is 284 g/mol. The van der Waals surface area contributed by atoms with Crippen LogP contribution < -0.4 is 5.73 Å². The number of alkyl halides is 2. The topological polar surface area (TPSA) is 38.9 Å². The van der Waals surface area contributed by atoms with Gasteiger partial charge in [0.2, 0.25) is 5.95 Å². The number of nitrogen functional groups attached to an aromatic ring is 1. The number of hydrogen-bond donors (Lipinski definition) is 1. The van der Waals surface area contributed by atoms with Crippen molar-refractivity contribution in [2.75, 3.05) is 5.73 Å². The molecule has 12 heavy (non-hydrogen) atoms. The van der Waals surface area contributed by atoms with Crippen LogP contribution in [0.5, 0.6) is 0 Å². The van der Waals surface area contributed by atoms with Crippen LogP contribution in [0.1, 0.15) is 12.1 Å². The summed E-state index contributed by atoms with van der Waals surface area (Å²) in [5.74, 6) is -0.983. The molecule has 0 amide bonds. The Balaban J connectivity index is 3.28. The molecule has 6 heteroatoms. The van der Waals surface area contributed by atoms with Gasteiger partial charge in [0.1, 0.15) is 5.69 Å². The van der Waals surface area contributed by atoms with Crippen molar-refractivity contribution in [3.8, 4) is 0 Å². The Morgan fingerprint density at radius 2 is 2.08 bits per heavy atom. The summed E-state index contributed by atoms with van der Waals surface area (Å²) in [4.78, 5) is 3.03. The lowest BCUT2D eigenvalue weighted by Gasteiger charge is -2.04. The molecule has 66 valence electrons. The van der Waals surface area contributed by atoms with Crippen molar-refractivity contribution in [2.24, 2.45) is 0 Å². The van der Waals surface area contributed by atoms with Crippen LogP contribution in [-0.2, 0) is 0 Å². The largest absolute Gasteiger partial charge is 0.398 e. The van der Waals surface area contributed by atoms with E-state index < -0.39 is 18.1 Å². The molecule has 2 nitrogen and oxygen atoms in total. The third kappa shape index (κ3) is 1.79. The van der Waals surface area contributed by atoms with Gasteiger partial charge in [-0.3, -0.25) is 0 Å². The van der Waals surface area contributed by atoms with Crippen molar-refractivity contribution in [1.82, 2.24) is 4.98 Å². The van der Waals surface area contributed by atoms with Crippen LogP contribution in [0.25, 0.3) is 0 Å².